The lowest BCUT2D eigenvalue weighted by Gasteiger charge is -2.11. The Morgan fingerprint density at radius 2 is 2.33 bits per heavy atom. The van der Waals surface area contributed by atoms with Gasteiger partial charge in [0.1, 0.15) is 0 Å². The predicted octanol–water partition coefficient (Wildman–Crippen LogP) is 2.35. The summed E-state index contributed by atoms with van der Waals surface area (Å²) in [4.78, 5) is 3.82. The van der Waals surface area contributed by atoms with E-state index in [0.717, 1.165) is 12.1 Å². The van der Waals surface area contributed by atoms with Gasteiger partial charge in [-0.2, -0.15) is 0 Å². The highest BCUT2D eigenvalue weighted by atomic mass is 14.9. The second-order valence-electron chi connectivity index (χ2n) is 2.75. The van der Waals surface area contributed by atoms with Crippen molar-refractivity contribution < 1.29 is 0 Å². The number of rotatable bonds is 5. The summed E-state index contributed by atoms with van der Waals surface area (Å²) in [6.07, 6.45) is 6.55. The van der Waals surface area contributed by atoms with Crippen molar-refractivity contribution in [2.24, 2.45) is 10.9 Å². The monoisotopic (exact) mass is 166 g/mol. The largest absolute Gasteiger partial charge is 0.365 e. The maximum Gasteiger partial charge on any atom is 0.0277 e. The van der Waals surface area contributed by atoms with E-state index in [1.54, 1.807) is 13.3 Å². The van der Waals surface area contributed by atoms with Crippen LogP contribution in [-0.2, 0) is 0 Å². The van der Waals surface area contributed by atoms with Gasteiger partial charge in [0.2, 0.25) is 0 Å². The van der Waals surface area contributed by atoms with Gasteiger partial charge in [-0.1, -0.05) is 20.4 Å². The number of nitrogens with one attached hydrogen (secondary N) is 1. The van der Waals surface area contributed by atoms with Crippen LogP contribution < -0.4 is 5.32 Å². The van der Waals surface area contributed by atoms with Crippen molar-refractivity contribution in [3.8, 4) is 0 Å². The van der Waals surface area contributed by atoms with Crippen LogP contribution >= 0.6 is 0 Å². The molecule has 2 heteroatoms. The minimum atomic E-state index is 0.521. The molecule has 0 bridgehead atoms. The summed E-state index contributed by atoms with van der Waals surface area (Å²) in [7, 11) is 1.74. The van der Waals surface area contributed by atoms with Crippen LogP contribution in [0.15, 0.2) is 29.5 Å². The van der Waals surface area contributed by atoms with Gasteiger partial charge >= 0.3 is 0 Å². The van der Waals surface area contributed by atoms with Crippen molar-refractivity contribution >= 4 is 6.21 Å². The summed E-state index contributed by atoms with van der Waals surface area (Å²) >= 11 is 0. The molecular weight excluding hydrogens is 148 g/mol. The van der Waals surface area contributed by atoms with E-state index in [-0.39, 0.29) is 0 Å². The molecule has 0 aliphatic rings. The number of nitrogens with zero attached hydrogens (tertiary/aromatic N) is 1. The Bertz CT molecular complexity index is 180. The molecule has 0 saturated carbocycles. The van der Waals surface area contributed by atoms with Crippen molar-refractivity contribution in [1.82, 2.24) is 5.32 Å². The maximum absolute atomic E-state index is 3.92. The Morgan fingerprint density at radius 3 is 2.83 bits per heavy atom. The summed E-state index contributed by atoms with van der Waals surface area (Å²) in [5.74, 6) is 0.521. The standard InChI is InChI=1S/C10H18N2/c1-5-9(2)10(3)12-8-6-7-11-4/h6-9,12H,3,5H2,1-2,4H3/b8-6-,11-7-. The first-order chi connectivity index (χ1) is 5.72. The van der Waals surface area contributed by atoms with Crippen LogP contribution in [0.2, 0.25) is 0 Å². The average molecular weight is 166 g/mol. The number of hydrogen-bond donors (Lipinski definition) is 1. The van der Waals surface area contributed by atoms with Crippen LogP contribution in [0.4, 0.5) is 0 Å². The number of hydrogen-bond acceptors (Lipinski definition) is 2. The van der Waals surface area contributed by atoms with E-state index in [9.17, 15) is 0 Å². The summed E-state index contributed by atoms with van der Waals surface area (Å²) in [5.41, 5.74) is 1.05. The first-order valence-corrected chi connectivity index (χ1v) is 4.25. The van der Waals surface area contributed by atoms with Gasteiger partial charge in [0.05, 0.1) is 0 Å². The van der Waals surface area contributed by atoms with E-state index in [0.29, 0.717) is 5.92 Å². The molecule has 0 saturated heterocycles. The fraction of sp³-hybridized carbons (Fsp3) is 0.500. The highest BCUT2D eigenvalue weighted by Gasteiger charge is 1.99. The second kappa shape index (κ2) is 6.65. The smallest absolute Gasteiger partial charge is 0.0277 e. The topological polar surface area (TPSA) is 24.4 Å². The first kappa shape index (κ1) is 11.0. The normalized spacial score (nSPS) is 13.9. The van der Waals surface area contributed by atoms with Gasteiger partial charge in [0.25, 0.3) is 0 Å². The first-order valence-electron chi connectivity index (χ1n) is 4.25. The van der Waals surface area contributed by atoms with Gasteiger partial charge in [-0.3, -0.25) is 4.99 Å². The zero-order valence-corrected chi connectivity index (χ0v) is 8.17. The Balaban J connectivity index is 3.70. The Labute approximate surface area is 75.1 Å². The fourth-order valence-corrected chi connectivity index (χ4v) is 0.673. The molecule has 0 amide bonds. The summed E-state index contributed by atoms with van der Waals surface area (Å²) < 4.78 is 0. The van der Waals surface area contributed by atoms with Gasteiger partial charge in [-0.05, 0) is 18.4 Å². The highest BCUT2D eigenvalue weighted by Crippen LogP contribution is 2.08. The number of allylic oxidation sites excluding steroid dienone is 2. The van der Waals surface area contributed by atoms with Gasteiger partial charge in [0.15, 0.2) is 0 Å². The van der Waals surface area contributed by atoms with Crippen LogP contribution in [0.3, 0.4) is 0 Å². The van der Waals surface area contributed by atoms with Crippen molar-refractivity contribution in [1.29, 1.82) is 0 Å². The third-order valence-corrected chi connectivity index (χ3v) is 1.81. The predicted molar refractivity (Wildman–Crippen MR) is 55.3 cm³/mol. The van der Waals surface area contributed by atoms with Crippen LogP contribution in [0.5, 0.6) is 0 Å². The Hall–Kier alpha value is -1.05. The van der Waals surface area contributed by atoms with E-state index >= 15 is 0 Å². The van der Waals surface area contributed by atoms with E-state index in [1.165, 1.54) is 0 Å². The number of aliphatic imine (C=N–C) groups is 1. The quantitative estimate of drug-likeness (QED) is 0.623. The fourth-order valence-electron chi connectivity index (χ4n) is 0.673. The van der Waals surface area contributed by atoms with Crippen LogP contribution in [0, 0.1) is 5.92 Å². The van der Waals surface area contributed by atoms with Crippen molar-refractivity contribution in [2.75, 3.05) is 7.05 Å². The molecule has 0 aliphatic heterocycles. The second-order valence-corrected chi connectivity index (χ2v) is 2.75. The molecule has 0 rings (SSSR count). The van der Waals surface area contributed by atoms with Crippen LogP contribution in [-0.4, -0.2) is 13.3 Å². The minimum absolute atomic E-state index is 0.521. The van der Waals surface area contributed by atoms with Crippen LogP contribution in [0.1, 0.15) is 20.3 Å². The molecule has 1 atom stereocenters. The maximum atomic E-state index is 3.92. The lowest BCUT2D eigenvalue weighted by atomic mass is 10.1. The van der Waals surface area contributed by atoms with Crippen LogP contribution in [0.25, 0.3) is 0 Å². The molecule has 0 aliphatic carbocycles. The third kappa shape index (κ3) is 4.72. The molecule has 0 spiro atoms. The molecule has 0 aromatic heterocycles. The van der Waals surface area contributed by atoms with Crippen molar-refractivity contribution in [3.05, 3.63) is 24.6 Å². The Kier molecular flexibility index (Phi) is 6.07. The minimum Gasteiger partial charge on any atom is -0.365 e. The molecule has 12 heavy (non-hydrogen) atoms. The molecule has 1 unspecified atom stereocenters. The average Bonchev–Trinajstić information content (AvgIpc) is 2.10. The lowest BCUT2D eigenvalue weighted by molar-refractivity contribution is 0.625. The van der Waals surface area contributed by atoms with E-state index in [1.807, 2.05) is 12.3 Å². The lowest BCUT2D eigenvalue weighted by Crippen LogP contribution is -2.10. The molecule has 0 fully saturated rings. The van der Waals surface area contributed by atoms with Gasteiger partial charge in [-0.15, -0.1) is 0 Å². The summed E-state index contributed by atoms with van der Waals surface area (Å²) in [5, 5.41) is 3.10. The summed E-state index contributed by atoms with van der Waals surface area (Å²) in [6.45, 7) is 8.21. The van der Waals surface area contributed by atoms with Crippen molar-refractivity contribution in [3.63, 3.8) is 0 Å². The molecule has 0 heterocycles. The van der Waals surface area contributed by atoms with E-state index in [2.05, 4.69) is 30.7 Å². The molecule has 1 N–H and O–H groups in total. The van der Waals surface area contributed by atoms with E-state index < -0.39 is 0 Å². The molecule has 0 aromatic rings. The van der Waals surface area contributed by atoms with Gasteiger partial charge in [0, 0.05) is 25.2 Å². The van der Waals surface area contributed by atoms with Gasteiger partial charge in [-0.25, -0.2) is 0 Å². The zero-order valence-electron chi connectivity index (χ0n) is 8.17. The zero-order chi connectivity index (χ0) is 9.40. The molecule has 0 radical (unpaired) electrons. The SMILES string of the molecule is C=C(N/C=C\C=N/C)C(C)CC. The van der Waals surface area contributed by atoms with Gasteiger partial charge < -0.3 is 5.32 Å². The molecule has 0 aromatic carbocycles. The van der Waals surface area contributed by atoms with Crippen molar-refractivity contribution in [2.45, 2.75) is 20.3 Å². The summed E-state index contributed by atoms with van der Waals surface area (Å²) in [6, 6.07) is 0. The Morgan fingerprint density at radius 1 is 1.67 bits per heavy atom. The molecule has 2 nitrogen and oxygen atoms in total. The highest BCUT2D eigenvalue weighted by molar-refractivity contribution is 5.70. The van der Waals surface area contributed by atoms with E-state index in [4.69, 9.17) is 0 Å². The third-order valence-electron chi connectivity index (χ3n) is 1.81. The molecule has 68 valence electrons. The molecular formula is C10H18N2.